The van der Waals surface area contributed by atoms with E-state index < -0.39 is 10.0 Å². The van der Waals surface area contributed by atoms with Crippen molar-refractivity contribution in [2.75, 3.05) is 4.72 Å². The Balaban J connectivity index is 1.77. The van der Waals surface area contributed by atoms with Gasteiger partial charge in [0, 0.05) is 6.07 Å². The van der Waals surface area contributed by atoms with E-state index >= 15 is 0 Å². The van der Waals surface area contributed by atoms with E-state index in [1.165, 1.54) is 6.20 Å². The predicted octanol–water partition coefficient (Wildman–Crippen LogP) is 4.55. The van der Waals surface area contributed by atoms with Gasteiger partial charge in [-0.2, -0.15) is 0 Å². The Bertz CT molecular complexity index is 1000. The fourth-order valence-corrected chi connectivity index (χ4v) is 3.87. The lowest BCUT2D eigenvalue weighted by Crippen LogP contribution is -2.14. The molecular weight excluding hydrogens is 348 g/mol. The fourth-order valence-electron chi connectivity index (χ4n) is 2.58. The normalized spacial score (nSPS) is 11.2. The summed E-state index contributed by atoms with van der Waals surface area (Å²) in [6.07, 6.45) is 2.30. The van der Waals surface area contributed by atoms with Crippen molar-refractivity contribution < 1.29 is 13.2 Å². The van der Waals surface area contributed by atoms with Crippen molar-refractivity contribution in [1.82, 2.24) is 4.98 Å². The van der Waals surface area contributed by atoms with Gasteiger partial charge in [0.05, 0.1) is 16.8 Å². The molecule has 1 heterocycles. The molecular formula is C20H20N2O3S. The van der Waals surface area contributed by atoms with Crippen LogP contribution in [-0.2, 0) is 16.4 Å². The average Bonchev–Trinajstić information content (AvgIpc) is 2.64. The highest BCUT2D eigenvalue weighted by atomic mass is 32.2. The van der Waals surface area contributed by atoms with Crippen LogP contribution in [0.5, 0.6) is 11.6 Å². The van der Waals surface area contributed by atoms with Crippen LogP contribution in [0.3, 0.4) is 0 Å². The Morgan fingerprint density at radius 2 is 1.73 bits per heavy atom. The summed E-state index contributed by atoms with van der Waals surface area (Å²) in [6, 6.07) is 17.9. The highest BCUT2D eigenvalue weighted by Gasteiger charge is 2.16. The molecule has 0 aliphatic rings. The Morgan fingerprint density at radius 3 is 2.42 bits per heavy atom. The zero-order valence-corrected chi connectivity index (χ0v) is 15.5. The molecule has 0 aliphatic heterocycles. The molecule has 0 spiro atoms. The van der Waals surface area contributed by atoms with Gasteiger partial charge in [-0.25, -0.2) is 13.4 Å². The molecule has 0 aliphatic carbocycles. The van der Waals surface area contributed by atoms with Crippen LogP contribution < -0.4 is 9.46 Å². The number of nitrogens with one attached hydrogen (secondary N) is 1. The average molecular weight is 368 g/mol. The van der Waals surface area contributed by atoms with E-state index in [2.05, 4.69) is 16.6 Å². The summed E-state index contributed by atoms with van der Waals surface area (Å²) in [6.45, 7) is 3.81. The third-order valence-corrected chi connectivity index (χ3v) is 5.48. The first-order valence-electron chi connectivity index (χ1n) is 8.30. The van der Waals surface area contributed by atoms with Gasteiger partial charge in [0.25, 0.3) is 10.0 Å². The van der Waals surface area contributed by atoms with Crippen LogP contribution in [0.2, 0.25) is 0 Å². The molecule has 0 saturated heterocycles. The molecule has 0 amide bonds. The summed E-state index contributed by atoms with van der Waals surface area (Å²) in [5.41, 5.74) is 2.15. The number of para-hydroxylation sites is 1. The van der Waals surface area contributed by atoms with Crippen molar-refractivity contribution in [3.05, 3.63) is 78.0 Å². The number of aromatic nitrogens is 1. The Morgan fingerprint density at radius 1 is 1.00 bits per heavy atom. The van der Waals surface area contributed by atoms with E-state index in [9.17, 15) is 8.42 Å². The van der Waals surface area contributed by atoms with Gasteiger partial charge in [-0.3, -0.25) is 4.72 Å². The summed E-state index contributed by atoms with van der Waals surface area (Å²) in [7, 11) is -3.66. The van der Waals surface area contributed by atoms with E-state index in [0.717, 1.165) is 17.7 Å². The maximum Gasteiger partial charge on any atom is 0.262 e. The molecule has 0 unspecified atom stereocenters. The van der Waals surface area contributed by atoms with Gasteiger partial charge >= 0.3 is 0 Å². The SMILES string of the molecule is CCc1ccccc1Oc1ccc(NS(=O)(=O)c2ccccc2C)cn1. The second-order valence-electron chi connectivity index (χ2n) is 5.82. The van der Waals surface area contributed by atoms with Crippen LogP contribution in [0.1, 0.15) is 18.1 Å². The topological polar surface area (TPSA) is 68.3 Å². The summed E-state index contributed by atoms with van der Waals surface area (Å²) >= 11 is 0. The molecule has 26 heavy (non-hydrogen) atoms. The zero-order valence-electron chi connectivity index (χ0n) is 14.6. The number of ether oxygens (including phenoxy) is 1. The summed E-state index contributed by atoms with van der Waals surface area (Å²) in [5.74, 6) is 1.15. The van der Waals surface area contributed by atoms with Gasteiger partial charge in [0.1, 0.15) is 5.75 Å². The van der Waals surface area contributed by atoms with E-state index in [4.69, 9.17) is 4.74 Å². The summed E-state index contributed by atoms with van der Waals surface area (Å²) in [4.78, 5) is 4.45. The van der Waals surface area contributed by atoms with E-state index in [0.29, 0.717) is 17.1 Å². The number of anilines is 1. The molecule has 0 fully saturated rings. The highest BCUT2D eigenvalue weighted by molar-refractivity contribution is 7.92. The molecule has 1 N–H and O–H groups in total. The smallest absolute Gasteiger partial charge is 0.262 e. The quantitative estimate of drug-likeness (QED) is 0.693. The lowest BCUT2D eigenvalue weighted by atomic mass is 10.1. The third-order valence-electron chi connectivity index (χ3n) is 3.94. The predicted molar refractivity (Wildman–Crippen MR) is 102 cm³/mol. The van der Waals surface area contributed by atoms with Gasteiger partial charge in [-0.1, -0.05) is 43.3 Å². The standard InChI is InChI=1S/C20H20N2O3S/c1-3-16-9-5-6-10-18(16)25-20-13-12-17(14-21-20)22-26(23,24)19-11-7-4-8-15(19)2/h4-14,22H,3H2,1-2H3. The number of hydrogen-bond acceptors (Lipinski definition) is 4. The van der Waals surface area contributed by atoms with Gasteiger partial charge in [-0.05, 0) is 42.7 Å². The number of aryl methyl sites for hydroxylation is 2. The fraction of sp³-hybridized carbons (Fsp3) is 0.150. The van der Waals surface area contributed by atoms with Crippen LogP contribution in [0.25, 0.3) is 0 Å². The first-order chi connectivity index (χ1) is 12.5. The maximum atomic E-state index is 12.5. The van der Waals surface area contributed by atoms with Crippen LogP contribution in [0, 0.1) is 6.92 Å². The summed E-state index contributed by atoms with van der Waals surface area (Å²) < 4.78 is 33.4. The van der Waals surface area contributed by atoms with Crippen LogP contribution in [0.4, 0.5) is 5.69 Å². The second-order valence-corrected chi connectivity index (χ2v) is 7.47. The number of nitrogens with zero attached hydrogens (tertiary/aromatic N) is 1. The summed E-state index contributed by atoms with van der Waals surface area (Å²) in [5, 5.41) is 0. The second kappa shape index (κ2) is 7.58. The first-order valence-corrected chi connectivity index (χ1v) is 9.78. The number of pyridine rings is 1. The van der Waals surface area contributed by atoms with Gasteiger partial charge in [-0.15, -0.1) is 0 Å². The van der Waals surface area contributed by atoms with Crippen LogP contribution in [0.15, 0.2) is 71.8 Å². The minimum Gasteiger partial charge on any atom is -0.439 e. The van der Waals surface area contributed by atoms with E-state index in [-0.39, 0.29) is 4.90 Å². The molecule has 6 heteroatoms. The minimum atomic E-state index is -3.66. The van der Waals surface area contributed by atoms with Crippen molar-refractivity contribution in [3.63, 3.8) is 0 Å². The van der Waals surface area contributed by atoms with Crippen molar-refractivity contribution in [2.24, 2.45) is 0 Å². The number of rotatable bonds is 6. The minimum absolute atomic E-state index is 0.247. The molecule has 134 valence electrons. The van der Waals surface area contributed by atoms with Crippen molar-refractivity contribution in [1.29, 1.82) is 0 Å². The number of sulfonamides is 1. The van der Waals surface area contributed by atoms with E-state index in [1.54, 1.807) is 43.3 Å². The number of hydrogen-bond donors (Lipinski definition) is 1. The molecule has 0 atom stereocenters. The zero-order chi connectivity index (χ0) is 18.6. The maximum absolute atomic E-state index is 12.5. The molecule has 0 radical (unpaired) electrons. The highest BCUT2D eigenvalue weighted by Crippen LogP contribution is 2.25. The molecule has 1 aromatic heterocycles. The van der Waals surface area contributed by atoms with Crippen molar-refractivity contribution in [2.45, 2.75) is 25.2 Å². The Kier molecular flexibility index (Phi) is 5.23. The van der Waals surface area contributed by atoms with Gasteiger partial charge in [0.15, 0.2) is 0 Å². The molecule has 0 bridgehead atoms. The molecule has 2 aromatic carbocycles. The van der Waals surface area contributed by atoms with Gasteiger partial charge in [0.2, 0.25) is 5.88 Å². The Hall–Kier alpha value is -2.86. The first kappa shape index (κ1) is 17.9. The molecule has 3 aromatic rings. The molecule has 0 saturated carbocycles. The Labute approximate surface area is 153 Å². The monoisotopic (exact) mass is 368 g/mol. The largest absolute Gasteiger partial charge is 0.439 e. The van der Waals surface area contributed by atoms with Crippen molar-refractivity contribution in [3.8, 4) is 11.6 Å². The molecule has 3 rings (SSSR count). The number of benzene rings is 2. The molecule has 5 nitrogen and oxygen atoms in total. The van der Waals surface area contributed by atoms with Gasteiger partial charge < -0.3 is 4.74 Å². The third kappa shape index (κ3) is 4.03. The lowest BCUT2D eigenvalue weighted by Gasteiger charge is -2.11. The van der Waals surface area contributed by atoms with Crippen LogP contribution >= 0.6 is 0 Å². The van der Waals surface area contributed by atoms with Crippen molar-refractivity contribution >= 4 is 15.7 Å². The van der Waals surface area contributed by atoms with Crippen LogP contribution in [-0.4, -0.2) is 13.4 Å². The lowest BCUT2D eigenvalue weighted by molar-refractivity contribution is 0.458. The van der Waals surface area contributed by atoms with E-state index in [1.807, 2.05) is 24.3 Å².